The number of ether oxygens (including phenoxy) is 1. The Labute approximate surface area is 239 Å². The predicted molar refractivity (Wildman–Crippen MR) is 147 cm³/mol. The smallest absolute Gasteiger partial charge is 0.406 e. The topological polar surface area (TPSA) is 151 Å². The number of aryl methyl sites for hydroxylation is 1. The Bertz CT molecular complexity index is 1450. The third-order valence-corrected chi connectivity index (χ3v) is 5.85. The van der Waals surface area contributed by atoms with E-state index < -0.39 is 36.9 Å². The van der Waals surface area contributed by atoms with E-state index in [0.717, 1.165) is 0 Å². The van der Waals surface area contributed by atoms with Gasteiger partial charge in [-0.2, -0.15) is 0 Å². The molecule has 2 atom stereocenters. The fraction of sp³-hybridized carbons (Fsp3) is 0.233. The quantitative estimate of drug-likeness (QED) is 0.172. The van der Waals surface area contributed by atoms with E-state index in [2.05, 4.69) is 27.2 Å². The zero-order valence-corrected chi connectivity index (χ0v) is 22.1. The van der Waals surface area contributed by atoms with Crippen molar-refractivity contribution in [2.75, 3.05) is 11.9 Å². The van der Waals surface area contributed by atoms with Crippen molar-refractivity contribution in [3.63, 3.8) is 0 Å². The van der Waals surface area contributed by atoms with Crippen molar-refractivity contribution in [3.05, 3.63) is 95.1 Å². The first-order valence-electron chi connectivity index (χ1n) is 12.7. The molecule has 3 aromatic carbocycles. The molecule has 0 unspecified atom stereocenters. The zero-order valence-electron chi connectivity index (χ0n) is 22.1. The highest BCUT2D eigenvalue weighted by Gasteiger charge is 2.32. The first-order valence-corrected chi connectivity index (χ1v) is 12.7. The molecule has 3 rings (SSSR count). The van der Waals surface area contributed by atoms with Crippen molar-refractivity contribution in [2.45, 2.75) is 37.9 Å². The van der Waals surface area contributed by atoms with Crippen molar-refractivity contribution in [1.29, 1.82) is 0 Å². The van der Waals surface area contributed by atoms with E-state index in [4.69, 9.17) is 10.8 Å². The summed E-state index contributed by atoms with van der Waals surface area (Å²) in [6.07, 6.45) is -5.80. The monoisotopic (exact) mass is 583 g/mol. The molecule has 0 bridgehead atoms. The van der Waals surface area contributed by atoms with Gasteiger partial charge in [0.2, 0.25) is 5.91 Å². The summed E-state index contributed by atoms with van der Waals surface area (Å²) >= 11 is 0. The lowest BCUT2D eigenvalue weighted by molar-refractivity contribution is -0.274. The van der Waals surface area contributed by atoms with Gasteiger partial charge in [0.15, 0.2) is 5.78 Å². The van der Waals surface area contributed by atoms with Crippen LogP contribution in [0.3, 0.4) is 0 Å². The summed E-state index contributed by atoms with van der Waals surface area (Å²) in [6.45, 7) is -0.885. The van der Waals surface area contributed by atoms with Gasteiger partial charge in [0.25, 0.3) is 5.91 Å². The lowest BCUT2D eigenvalue weighted by atomic mass is 10.1. The molecule has 0 fully saturated rings. The highest BCUT2D eigenvalue weighted by Crippen LogP contribution is 2.27. The molecule has 42 heavy (non-hydrogen) atoms. The van der Waals surface area contributed by atoms with Gasteiger partial charge in [0.1, 0.15) is 24.6 Å². The third kappa shape index (κ3) is 10.0. The number of Topliss-reactive ketones (excluding diaryl/α,β-unsaturated/α-hetero) is 1. The summed E-state index contributed by atoms with van der Waals surface area (Å²) < 4.78 is 41.7. The molecule has 0 aromatic heterocycles. The molecule has 0 saturated heterocycles. The van der Waals surface area contributed by atoms with Gasteiger partial charge in [0.05, 0.1) is 0 Å². The lowest BCUT2D eigenvalue weighted by Crippen LogP contribution is -2.53. The predicted octanol–water partition coefficient (Wildman–Crippen LogP) is 2.88. The summed E-state index contributed by atoms with van der Waals surface area (Å²) in [5, 5.41) is 23.4. The maximum atomic E-state index is 12.6. The zero-order chi connectivity index (χ0) is 30.7. The molecule has 0 saturated carbocycles. The second kappa shape index (κ2) is 14.8. The number of amides is 2. The number of ketones is 1. The van der Waals surface area contributed by atoms with E-state index in [9.17, 15) is 32.7 Å². The Morgan fingerprint density at radius 2 is 1.52 bits per heavy atom. The number of alkyl halides is 3. The van der Waals surface area contributed by atoms with Crippen LogP contribution >= 0.6 is 0 Å². The molecule has 9 nitrogen and oxygen atoms in total. The largest absolute Gasteiger partial charge is 0.573 e. The van der Waals surface area contributed by atoms with Crippen molar-refractivity contribution in [1.82, 2.24) is 5.32 Å². The Morgan fingerprint density at radius 1 is 0.929 bits per heavy atom. The maximum absolute atomic E-state index is 12.6. The van der Waals surface area contributed by atoms with Crippen molar-refractivity contribution in [2.24, 2.45) is 5.73 Å². The van der Waals surface area contributed by atoms with Crippen molar-refractivity contribution in [3.8, 4) is 17.6 Å². The normalized spacial score (nSPS) is 12.3. The van der Waals surface area contributed by atoms with Crippen LogP contribution in [0.4, 0.5) is 18.9 Å². The van der Waals surface area contributed by atoms with E-state index in [1.165, 1.54) is 30.3 Å². The van der Waals surface area contributed by atoms with E-state index in [1.54, 1.807) is 42.5 Å². The van der Waals surface area contributed by atoms with Gasteiger partial charge in [-0.1, -0.05) is 30.0 Å². The average Bonchev–Trinajstić information content (AvgIpc) is 2.95. The van der Waals surface area contributed by atoms with Crippen LogP contribution in [-0.2, 0) is 16.0 Å². The van der Waals surface area contributed by atoms with E-state index in [0.29, 0.717) is 28.8 Å². The highest BCUT2D eigenvalue weighted by atomic mass is 19.4. The summed E-state index contributed by atoms with van der Waals surface area (Å²) in [5.41, 5.74) is 7.61. The second-order valence-corrected chi connectivity index (χ2v) is 9.03. The minimum absolute atomic E-state index is 0.0983. The molecule has 0 spiro atoms. The fourth-order valence-electron chi connectivity index (χ4n) is 3.76. The molecular weight excluding hydrogens is 555 g/mol. The van der Waals surface area contributed by atoms with Gasteiger partial charge < -0.3 is 31.3 Å². The molecule has 0 radical (unpaired) electrons. The van der Waals surface area contributed by atoms with Gasteiger partial charge in [0, 0.05) is 28.8 Å². The maximum Gasteiger partial charge on any atom is 0.573 e. The minimum Gasteiger partial charge on any atom is -0.406 e. The number of carbonyl (C=O) groups is 3. The highest BCUT2D eigenvalue weighted by molar-refractivity contribution is 5.98. The summed E-state index contributed by atoms with van der Waals surface area (Å²) in [4.78, 5) is 36.3. The number of aliphatic hydroxyl groups excluding tert-OH is 2. The van der Waals surface area contributed by atoms with Crippen LogP contribution in [0.15, 0.2) is 72.8 Å². The first-order chi connectivity index (χ1) is 19.9. The number of aliphatic hydroxyl groups is 2. The Morgan fingerprint density at radius 3 is 2.10 bits per heavy atom. The molecule has 0 aliphatic carbocycles. The number of hydrogen-bond donors (Lipinski definition) is 5. The number of rotatable bonds is 11. The number of para-hydroxylation sites is 1. The third-order valence-electron chi connectivity index (χ3n) is 5.85. The van der Waals surface area contributed by atoms with Crippen LogP contribution in [0.5, 0.6) is 5.75 Å². The van der Waals surface area contributed by atoms with Crippen LogP contribution in [0.2, 0.25) is 0 Å². The number of anilines is 1. The molecule has 3 aromatic rings. The number of benzene rings is 3. The van der Waals surface area contributed by atoms with E-state index >= 15 is 0 Å². The van der Waals surface area contributed by atoms with Crippen LogP contribution in [0.25, 0.3) is 0 Å². The molecule has 2 amide bonds. The van der Waals surface area contributed by atoms with E-state index in [-0.39, 0.29) is 30.1 Å². The number of carbonyl (C=O) groups excluding carboxylic acids is 3. The molecular formula is C30H28F3N3O6. The number of nitrogens with two attached hydrogens (primary N) is 1. The second-order valence-electron chi connectivity index (χ2n) is 9.03. The Kier molecular flexibility index (Phi) is 11.2. The number of halogens is 3. The molecule has 0 heterocycles. The average molecular weight is 584 g/mol. The standard InChI is InChI=1S/C30H28F3N3O6/c31-30(32,33)42-25-6-2-1-4-21(25)5-3-7-26(39)35-23-16-12-20(13-17-23)9-8-19-10-14-22(15-11-19)29(41)36-27(28(34)40)24(38)18-37/h1-2,4,6,10-17,27-28,37,40H,3,5,7,18,34H2,(H,35,39)(H,36,41)/t27-,28+/m1/s1. The SMILES string of the molecule is N[C@@H](O)[C@H](NC(=O)c1ccc(C#Cc2ccc(NC(=O)CCCc3ccccc3OC(F)(F)F)cc2)cc1)C(=O)CO. The molecule has 220 valence electrons. The van der Waals surface area contributed by atoms with Crippen molar-refractivity contribution >= 4 is 23.3 Å². The number of nitrogens with one attached hydrogen (secondary N) is 2. The molecule has 0 aliphatic rings. The van der Waals surface area contributed by atoms with Crippen LogP contribution in [0, 0.1) is 11.8 Å². The van der Waals surface area contributed by atoms with E-state index in [1.807, 2.05) is 0 Å². The van der Waals surface area contributed by atoms with Gasteiger partial charge in [-0.25, -0.2) is 0 Å². The number of hydrogen-bond acceptors (Lipinski definition) is 7. The summed E-state index contributed by atoms with van der Waals surface area (Å²) in [7, 11) is 0. The summed E-state index contributed by atoms with van der Waals surface area (Å²) in [6, 6.07) is 17.2. The van der Waals surface area contributed by atoms with Crippen LogP contribution in [0.1, 0.15) is 39.9 Å². The summed E-state index contributed by atoms with van der Waals surface area (Å²) in [5.74, 6) is 3.83. The lowest BCUT2D eigenvalue weighted by Gasteiger charge is -2.19. The van der Waals surface area contributed by atoms with Crippen LogP contribution < -0.4 is 21.1 Å². The Hall–Kier alpha value is -4.70. The minimum atomic E-state index is -4.79. The molecule has 0 aliphatic heterocycles. The molecule has 6 N–H and O–H groups in total. The molecule has 12 heteroatoms. The van der Waals surface area contributed by atoms with Crippen LogP contribution in [-0.4, -0.2) is 53.0 Å². The van der Waals surface area contributed by atoms with Gasteiger partial charge >= 0.3 is 6.36 Å². The van der Waals surface area contributed by atoms with Gasteiger partial charge in [-0.15, -0.1) is 13.2 Å². The Balaban J connectivity index is 1.50. The van der Waals surface area contributed by atoms with Gasteiger partial charge in [-0.05, 0) is 73.0 Å². The first kappa shape index (κ1) is 31.8. The van der Waals surface area contributed by atoms with Crippen molar-refractivity contribution < 1.29 is 42.5 Å². The fourth-order valence-corrected chi connectivity index (χ4v) is 3.76. The van der Waals surface area contributed by atoms with Gasteiger partial charge in [-0.3, -0.25) is 14.4 Å².